The Morgan fingerprint density at radius 1 is 1.15 bits per heavy atom. The highest BCUT2D eigenvalue weighted by Crippen LogP contribution is 2.39. The fourth-order valence-corrected chi connectivity index (χ4v) is 4.45. The lowest BCUT2D eigenvalue weighted by Crippen LogP contribution is -2.29. The third-order valence-corrected chi connectivity index (χ3v) is 6.16. The van der Waals surface area contributed by atoms with Crippen molar-refractivity contribution in [2.45, 2.75) is 11.8 Å². The van der Waals surface area contributed by atoms with Crippen molar-refractivity contribution in [1.29, 1.82) is 0 Å². The molecule has 1 aliphatic heterocycles. The van der Waals surface area contributed by atoms with E-state index >= 15 is 0 Å². The standard InChI is InChI=1S/C18H21ClN2O5S/c1-11-7-14-17(26-6-5-21(14)2)10-18(11)27(22,23)20-13-8-12(19)15(24-3)9-16(13)25-4/h7-10,20H,5-6H2,1-4H3. The second-order valence-electron chi connectivity index (χ2n) is 6.15. The third kappa shape index (κ3) is 3.72. The van der Waals surface area contributed by atoms with Gasteiger partial charge in [0.1, 0.15) is 23.9 Å². The van der Waals surface area contributed by atoms with E-state index in [2.05, 4.69) is 4.72 Å². The minimum atomic E-state index is -3.89. The second-order valence-corrected chi connectivity index (χ2v) is 8.21. The van der Waals surface area contributed by atoms with E-state index in [0.717, 1.165) is 12.2 Å². The van der Waals surface area contributed by atoms with Crippen LogP contribution in [0, 0.1) is 6.92 Å². The predicted molar refractivity (Wildman–Crippen MR) is 105 cm³/mol. The van der Waals surface area contributed by atoms with Crippen molar-refractivity contribution in [2.75, 3.05) is 44.0 Å². The minimum Gasteiger partial charge on any atom is -0.495 e. The molecule has 7 nitrogen and oxygen atoms in total. The van der Waals surface area contributed by atoms with Crippen molar-refractivity contribution in [2.24, 2.45) is 0 Å². The Bertz CT molecular complexity index is 978. The summed E-state index contributed by atoms with van der Waals surface area (Å²) in [6.07, 6.45) is 0. The van der Waals surface area contributed by atoms with Gasteiger partial charge in [-0.15, -0.1) is 0 Å². The van der Waals surface area contributed by atoms with Crippen LogP contribution in [0.15, 0.2) is 29.2 Å². The van der Waals surface area contributed by atoms with Gasteiger partial charge in [0.25, 0.3) is 10.0 Å². The van der Waals surface area contributed by atoms with Crippen LogP contribution in [0.4, 0.5) is 11.4 Å². The molecule has 9 heteroatoms. The maximum Gasteiger partial charge on any atom is 0.262 e. The zero-order chi connectivity index (χ0) is 19.8. The molecule has 2 aromatic rings. The van der Waals surface area contributed by atoms with Gasteiger partial charge in [-0.2, -0.15) is 0 Å². The van der Waals surface area contributed by atoms with Gasteiger partial charge in [-0.25, -0.2) is 8.42 Å². The van der Waals surface area contributed by atoms with Crippen LogP contribution in [-0.4, -0.2) is 42.8 Å². The Balaban J connectivity index is 2.02. The van der Waals surface area contributed by atoms with Crippen molar-refractivity contribution < 1.29 is 22.6 Å². The molecule has 1 aliphatic rings. The summed E-state index contributed by atoms with van der Waals surface area (Å²) < 4.78 is 44.6. The first-order chi connectivity index (χ1) is 12.8. The summed E-state index contributed by atoms with van der Waals surface area (Å²) in [6, 6.07) is 6.33. The van der Waals surface area contributed by atoms with E-state index in [1.54, 1.807) is 19.1 Å². The Morgan fingerprint density at radius 3 is 2.52 bits per heavy atom. The van der Waals surface area contributed by atoms with Crippen LogP contribution in [0.3, 0.4) is 0 Å². The van der Waals surface area contributed by atoms with E-state index < -0.39 is 10.0 Å². The van der Waals surface area contributed by atoms with Crippen LogP contribution in [0.1, 0.15) is 5.56 Å². The average Bonchev–Trinajstić information content (AvgIpc) is 2.62. The minimum absolute atomic E-state index is 0.130. The largest absolute Gasteiger partial charge is 0.495 e. The van der Waals surface area contributed by atoms with E-state index in [9.17, 15) is 8.42 Å². The van der Waals surface area contributed by atoms with Crippen molar-refractivity contribution in [3.05, 3.63) is 34.9 Å². The van der Waals surface area contributed by atoms with Crippen molar-refractivity contribution in [3.8, 4) is 17.2 Å². The molecule has 0 unspecified atom stereocenters. The first-order valence-electron chi connectivity index (χ1n) is 8.19. The van der Waals surface area contributed by atoms with E-state index in [1.807, 2.05) is 11.9 Å². The topological polar surface area (TPSA) is 77.1 Å². The van der Waals surface area contributed by atoms with Gasteiger partial charge in [-0.3, -0.25) is 4.72 Å². The first kappa shape index (κ1) is 19.4. The fourth-order valence-electron chi connectivity index (χ4n) is 2.91. The highest BCUT2D eigenvalue weighted by molar-refractivity contribution is 7.92. The summed E-state index contributed by atoms with van der Waals surface area (Å²) in [5, 5.41) is 0.267. The molecule has 146 valence electrons. The van der Waals surface area contributed by atoms with Crippen LogP contribution in [0.25, 0.3) is 0 Å². The molecule has 0 saturated carbocycles. The third-order valence-electron chi connectivity index (χ3n) is 4.36. The van der Waals surface area contributed by atoms with Crippen LogP contribution in [-0.2, 0) is 10.0 Å². The molecule has 2 aromatic carbocycles. The predicted octanol–water partition coefficient (Wildman–Crippen LogP) is 3.30. The number of aryl methyl sites for hydroxylation is 1. The lowest BCUT2D eigenvalue weighted by Gasteiger charge is -2.28. The fraction of sp³-hybridized carbons (Fsp3) is 0.333. The number of anilines is 2. The van der Waals surface area contributed by atoms with Gasteiger partial charge in [0.15, 0.2) is 0 Å². The number of hydrogen-bond acceptors (Lipinski definition) is 6. The maximum atomic E-state index is 13.0. The quantitative estimate of drug-likeness (QED) is 0.811. The van der Waals surface area contributed by atoms with Crippen LogP contribution >= 0.6 is 11.6 Å². The number of ether oxygens (including phenoxy) is 3. The zero-order valence-electron chi connectivity index (χ0n) is 15.5. The first-order valence-corrected chi connectivity index (χ1v) is 10.1. The van der Waals surface area contributed by atoms with E-state index in [1.165, 1.54) is 26.4 Å². The van der Waals surface area contributed by atoms with E-state index in [4.69, 9.17) is 25.8 Å². The molecule has 0 atom stereocenters. The second kappa shape index (κ2) is 7.36. The van der Waals surface area contributed by atoms with Crippen molar-refractivity contribution in [3.63, 3.8) is 0 Å². The molecular formula is C18H21ClN2O5S. The van der Waals surface area contributed by atoms with Crippen molar-refractivity contribution in [1.82, 2.24) is 0 Å². The van der Waals surface area contributed by atoms with E-state index in [0.29, 0.717) is 29.4 Å². The summed E-state index contributed by atoms with van der Waals surface area (Å²) in [7, 11) is 0.959. The molecule has 1 N–H and O–H groups in total. The van der Waals surface area contributed by atoms with Crippen molar-refractivity contribution >= 4 is 33.0 Å². The van der Waals surface area contributed by atoms with Gasteiger partial charge in [0, 0.05) is 19.2 Å². The summed E-state index contributed by atoms with van der Waals surface area (Å²) in [6.45, 7) is 3.00. The number of likely N-dealkylation sites (N-methyl/N-ethyl adjacent to an activating group) is 1. The van der Waals surface area contributed by atoms with Crippen LogP contribution < -0.4 is 23.8 Å². The molecule has 0 spiro atoms. The summed E-state index contributed by atoms with van der Waals surface area (Å²) in [5.74, 6) is 1.22. The van der Waals surface area contributed by atoms with Gasteiger partial charge in [-0.05, 0) is 24.6 Å². The number of benzene rings is 2. The number of hydrogen-bond donors (Lipinski definition) is 1. The maximum absolute atomic E-state index is 13.0. The Morgan fingerprint density at radius 2 is 1.85 bits per heavy atom. The molecule has 0 aromatic heterocycles. The monoisotopic (exact) mass is 412 g/mol. The number of fused-ring (bicyclic) bond motifs is 1. The molecule has 0 amide bonds. The van der Waals surface area contributed by atoms with Gasteiger partial charge < -0.3 is 19.1 Å². The number of nitrogens with zero attached hydrogens (tertiary/aromatic N) is 1. The number of sulfonamides is 1. The van der Waals surface area contributed by atoms with Gasteiger partial charge in [0.05, 0.1) is 42.1 Å². The molecular weight excluding hydrogens is 392 g/mol. The Labute approximate surface area is 163 Å². The number of rotatable bonds is 5. The molecule has 27 heavy (non-hydrogen) atoms. The highest BCUT2D eigenvalue weighted by Gasteiger charge is 2.25. The van der Waals surface area contributed by atoms with Gasteiger partial charge in [0.2, 0.25) is 0 Å². The molecule has 0 aliphatic carbocycles. The summed E-state index contributed by atoms with van der Waals surface area (Å²) in [5.41, 5.74) is 1.69. The highest BCUT2D eigenvalue weighted by atomic mass is 35.5. The van der Waals surface area contributed by atoms with E-state index in [-0.39, 0.29) is 15.6 Å². The molecule has 0 bridgehead atoms. The number of halogens is 1. The molecule has 0 saturated heterocycles. The lowest BCUT2D eigenvalue weighted by atomic mass is 10.2. The number of methoxy groups -OCH3 is 2. The zero-order valence-corrected chi connectivity index (χ0v) is 17.1. The summed E-state index contributed by atoms with van der Waals surface area (Å²) in [4.78, 5) is 2.16. The lowest BCUT2D eigenvalue weighted by molar-refractivity contribution is 0.310. The summed E-state index contributed by atoms with van der Waals surface area (Å²) >= 11 is 6.13. The van der Waals surface area contributed by atoms with Gasteiger partial charge >= 0.3 is 0 Å². The van der Waals surface area contributed by atoms with Crippen LogP contribution in [0.5, 0.6) is 17.2 Å². The average molecular weight is 413 g/mol. The molecule has 0 fully saturated rings. The Hall–Kier alpha value is -2.32. The molecule has 3 rings (SSSR count). The normalized spacial score (nSPS) is 13.6. The smallest absolute Gasteiger partial charge is 0.262 e. The van der Waals surface area contributed by atoms with Gasteiger partial charge in [-0.1, -0.05) is 11.6 Å². The Kier molecular flexibility index (Phi) is 5.30. The molecule has 0 radical (unpaired) electrons. The number of nitrogens with one attached hydrogen (secondary N) is 1. The molecule has 1 heterocycles. The van der Waals surface area contributed by atoms with Crippen LogP contribution in [0.2, 0.25) is 5.02 Å². The SMILES string of the molecule is COc1cc(OC)c(NS(=O)(=O)c2cc3c(cc2C)N(C)CCO3)cc1Cl.